The van der Waals surface area contributed by atoms with E-state index in [4.69, 9.17) is 0 Å². The molecule has 0 radical (unpaired) electrons. The fourth-order valence-corrected chi connectivity index (χ4v) is 1.29. The molecule has 1 fully saturated rings. The molecule has 4 nitrogen and oxygen atoms in total. The molecule has 4 heteroatoms. The summed E-state index contributed by atoms with van der Waals surface area (Å²) in [6, 6.07) is 0. The molecule has 1 rings (SSSR count). The zero-order valence-corrected chi connectivity index (χ0v) is 7.68. The van der Waals surface area contributed by atoms with Crippen LogP contribution in [0.1, 0.15) is 27.2 Å². The van der Waals surface area contributed by atoms with Gasteiger partial charge >= 0.3 is 0 Å². The van der Waals surface area contributed by atoms with Crippen LogP contribution in [0.4, 0.5) is 0 Å². The summed E-state index contributed by atoms with van der Waals surface area (Å²) in [6.07, 6.45) is 0.459. The van der Waals surface area contributed by atoms with E-state index in [1.54, 1.807) is 0 Å². The first-order valence-electron chi connectivity index (χ1n) is 3.98. The van der Waals surface area contributed by atoms with Gasteiger partial charge in [-0.15, -0.1) is 0 Å². The lowest BCUT2D eigenvalue weighted by atomic mass is 10.0. The van der Waals surface area contributed by atoms with Crippen molar-refractivity contribution in [2.24, 2.45) is 0 Å². The zero-order chi connectivity index (χ0) is 9.35. The lowest BCUT2D eigenvalue weighted by molar-refractivity contribution is -0.133. The highest BCUT2D eigenvalue weighted by atomic mass is 16.2. The van der Waals surface area contributed by atoms with Crippen LogP contribution in [0.15, 0.2) is 0 Å². The summed E-state index contributed by atoms with van der Waals surface area (Å²) in [5.41, 5.74) is 2.77. The minimum atomic E-state index is -0.202. The molecule has 1 N–H and O–H groups in total. The molecule has 0 bridgehead atoms. The van der Waals surface area contributed by atoms with E-state index in [1.807, 2.05) is 13.8 Å². The second-order valence-corrected chi connectivity index (χ2v) is 3.85. The minimum absolute atomic E-state index is 0.00444. The molecule has 0 spiro atoms. The Kier molecular flexibility index (Phi) is 2.19. The number of hydrogen-bond donors (Lipinski definition) is 1. The fraction of sp³-hybridized carbons (Fsp3) is 0.750. The average molecular weight is 170 g/mol. The summed E-state index contributed by atoms with van der Waals surface area (Å²) in [6.45, 7) is 5.51. The van der Waals surface area contributed by atoms with E-state index in [9.17, 15) is 9.59 Å². The molecular weight excluding hydrogens is 156 g/mol. The van der Waals surface area contributed by atoms with E-state index in [0.717, 1.165) is 0 Å². The highest BCUT2D eigenvalue weighted by Gasteiger charge is 2.35. The Morgan fingerprint density at radius 3 is 2.58 bits per heavy atom. The Morgan fingerprint density at radius 1 is 1.67 bits per heavy atom. The molecule has 1 heterocycles. The topological polar surface area (TPSA) is 49.4 Å². The van der Waals surface area contributed by atoms with Gasteiger partial charge in [-0.25, -0.2) is 5.43 Å². The van der Waals surface area contributed by atoms with Crippen molar-refractivity contribution in [2.45, 2.75) is 32.7 Å². The molecule has 0 aromatic carbocycles. The third-order valence-corrected chi connectivity index (χ3v) is 1.71. The number of nitrogens with zero attached hydrogens (tertiary/aromatic N) is 1. The van der Waals surface area contributed by atoms with Gasteiger partial charge in [0.05, 0.1) is 6.54 Å². The van der Waals surface area contributed by atoms with Gasteiger partial charge in [-0.05, 0) is 20.8 Å². The van der Waals surface area contributed by atoms with Crippen LogP contribution in [0.25, 0.3) is 0 Å². The lowest BCUT2D eigenvalue weighted by Gasteiger charge is -2.20. The van der Waals surface area contributed by atoms with Gasteiger partial charge in [0, 0.05) is 12.0 Å². The third-order valence-electron chi connectivity index (χ3n) is 1.71. The molecule has 0 aromatic heterocycles. The summed E-state index contributed by atoms with van der Waals surface area (Å²) in [7, 11) is 0. The van der Waals surface area contributed by atoms with E-state index >= 15 is 0 Å². The number of carbonyl (C=O) groups is 2. The quantitative estimate of drug-likeness (QED) is 0.639. The van der Waals surface area contributed by atoms with Crippen LogP contribution in [0.3, 0.4) is 0 Å². The number of carbonyl (C=O) groups excluding carboxylic acids is 2. The van der Waals surface area contributed by atoms with Crippen LogP contribution in [-0.2, 0) is 9.59 Å². The average Bonchev–Trinajstić information content (AvgIpc) is 2.03. The maximum absolute atomic E-state index is 11.2. The van der Waals surface area contributed by atoms with Gasteiger partial charge in [-0.2, -0.15) is 0 Å². The summed E-state index contributed by atoms with van der Waals surface area (Å²) in [5.74, 6) is -0.0104. The van der Waals surface area contributed by atoms with Crippen LogP contribution in [-0.4, -0.2) is 28.8 Å². The predicted octanol–water partition coefficient (Wildman–Crippen LogP) is 0.0909. The van der Waals surface area contributed by atoms with E-state index in [0.29, 0.717) is 6.42 Å². The van der Waals surface area contributed by atoms with Gasteiger partial charge in [-0.1, -0.05) is 0 Å². The Morgan fingerprint density at radius 2 is 2.25 bits per heavy atom. The second kappa shape index (κ2) is 2.86. The number of hydrogen-bond acceptors (Lipinski definition) is 3. The Labute approximate surface area is 71.9 Å². The van der Waals surface area contributed by atoms with E-state index < -0.39 is 0 Å². The molecule has 0 aromatic rings. The SMILES string of the molecule is CC(=O)CN1NC(C)(C)CC1=O. The highest BCUT2D eigenvalue weighted by Crippen LogP contribution is 2.17. The fourth-order valence-electron chi connectivity index (χ4n) is 1.29. The van der Waals surface area contributed by atoms with Gasteiger partial charge in [-0.3, -0.25) is 14.6 Å². The van der Waals surface area contributed by atoms with Gasteiger partial charge < -0.3 is 0 Å². The molecule has 1 amide bonds. The summed E-state index contributed by atoms with van der Waals surface area (Å²) in [4.78, 5) is 22.0. The Balaban J connectivity index is 2.58. The van der Waals surface area contributed by atoms with Gasteiger partial charge in [0.25, 0.3) is 0 Å². The van der Waals surface area contributed by atoms with Crippen LogP contribution in [0, 0.1) is 0 Å². The van der Waals surface area contributed by atoms with Crippen LogP contribution < -0.4 is 5.43 Å². The van der Waals surface area contributed by atoms with Crippen molar-refractivity contribution < 1.29 is 9.59 Å². The van der Waals surface area contributed by atoms with E-state index in [1.165, 1.54) is 11.9 Å². The van der Waals surface area contributed by atoms with E-state index in [-0.39, 0.29) is 23.8 Å². The number of Topliss-reactive ketones (excluding diaryl/α,β-unsaturated/α-hetero) is 1. The summed E-state index contributed by atoms with van der Waals surface area (Å²) < 4.78 is 0. The molecular formula is C8H14N2O2. The first kappa shape index (κ1) is 9.19. The van der Waals surface area contributed by atoms with Gasteiger partial charge in [0.1, 0.15) is 0 Å². The number of amides is 1. The summed E-state index contributed by atoms with van der Waals surface area (Å²) in [5, 5.41) is 1.39. The molecule has 0 unspecified atom stereocenters. The number of ketones is 1. The molecule has 68 valence electrons. The number of rotatable bonds is 2. The normalized spacial score (nSPS) is 21.6. The van der Waals surface area contributed by atoms with Gasteiger partial charge in [0.15, 0.2) is 5.78 Å². The van der Waals surface area contributed by atoms with E-state index in [2.05, 4.69) is 5.43 Å². The first-order valence-corrected chi connectivity index (χ1v) is 3.98. The van der Waals surface area contributed by atoms with Gasteiger partial charge in [0.2, 0.25) is 5.91 Å². The molecule has 0 aliphatic carbocycles. The van der Waals surface area contributed by atoms with Crippen LogP contribution in [0.5, 0.6) is 0 Å². The van der Waals surface area contributed by atoms with Crippen molar-refractivity contribution in [1.82, 2.24) is 10.4 Å². The van der Waals surface area contributed by atoms with Crippen molar-refractivity contribution >= 4 is 11.7 Å². The molecule has 1 aliphatic heterocycles. The minimum Gasteiger partial charge on any atom is -0.298 e. The maximum Gasteiger partial charge on any atom is 0.239 e. The summed E-state index contributed by atoms with van der Waals surface area (Å²) >= 11 is 0. The highest BCUT2D eigenvalue weighted by molar-refractivity contribution is 5.86. The third kappa shape index (κ3) is 2.04. The van der Waals surface area contributed by atoms with Crippen LogP contribution >= 0.6 is 0 Å². The monoisotopic (exact) mass is 170 g/mol. The molecule has 0 saturated carbocycles. The van der Waals surface area contributed by atoms with Crippen molar-refractivity contribution in [3.05, 3.63) is 0 Å². The Hall–Kier alpha value is -0.900. The second-order valence-electron chi connectivity index (χ2n) is 3.85. The standard InChI is InChI=1S/C8H14N2O2/c1-6(11)5-10-7(12)4-8(2,3)9-10/h9H,4-5H2,1-3H3. The van der Waals surface area contributed by atoms with Crippen molar-refractivity contribution in [3.63, 3.8) is 0 Å². The predicted molar refractivity (Wildman–Crippen MR) is 44.2 cm³/mol. The molecule has 1 aliphatic rings. The molecule has 1 saturated heterocycles. The largest absolute Gasteiger partial charge is 0.298 e. The van der Waals surface area contributed by atoms with Crippen molar-refractivity contribution in [3.8, 4) is 0 Å². The zero-order valence-electron chi connectivity index (χ0n) is 7.68. The van der Waals surface area contributed by atoms with Crippen LogP contribution in [0.2, 0.25) is 0 Å². The maximum atomic E-state index is 11.2. The first-order chi connectivity index (χ1) is 5.41. The molecule has 0 atom stereocenters. The van der Waals surface area contributed by atoms with Crippen molar-refractivity contribution in [2.75, 3.05) is 6.54 Å². The van der Waals surface area contributed by atoms with Crippen molar-refractivity contribution in [1.29, 1.82) is 0 Å². The molecule has 12 heavy (non-hydrogen) atoms. The number of nitrogens with one attached hydrogen (secondary N) is 1. The number of hydrazine groups is 1. The lowest BCUT2D eigenvalue weighted by Crippen LogP contribution is -2.44. The Bertz CT molecular complexity index is 223. The smallest absolute Gasteiger partial charge is 0.239 e.